The molecule has 150 valence electrons. The van der Waals surface area contributed by atoms with Crippen molar-refractivity contribution in [2.45, 2.75) is 46.1 Å². The third-order valence-corrected chi connectivity index (χ3v) is 5.18. The summed E-state index contributed by atoms with van der Waals surface area (Å²) in [6.45, 7) is 9.98. The Labute approximate surface area is 166 Å². The number of hydrogen-bond donors (Lipinski definition) is 1. The van der Waals surface area contributed by atoms with E-state index in [2.05, 4.69) is 34.0 Å². The maximum absolute atomic E-state index is 13.0. The van der Waals surface area contributed by atoms with E-state index in [1.165, 1.54) is 12.1 Å². The molecule has 0 spiro atoms. The molecule has 1 N–H and O–H groups in total. The van der Waals surface area contributed by atoms with Gasteiger partial charge in [0.1, 0.15) is 11.6 Å². The van der Waals surface area contributed by atoms with Crippen molar-refractivity contribution in [3.05, 3.63) is 58.9 Å². The van der Waals surface area contributed by atoms with Crippen LogP contribution in [-0.4, -0.2) is 40.4 Å². The number of nitrogens with zero attached hydrogens (tertiary/aromatic N) is 3. The molecule has 6 heteroatoms. The van der Waals surface area contributed by atoms with Crippen molar-refractivity contribution in [2.24, 2.45) is 5.92 Å². The molecule has 3 rings (SSSR count). The van der Waals surface area contributed by atoms with Crippen molar-refractivity contribution < 1.29 is 9.18 Å². The monoisotopic (exact) mass is 384 g/mol. The lowest BCUT2D eigenvalue weighted by Crippen LogP contribution is -2.36. The Morgan fingerprint density at radius 3 is 2.54 bits per heavy atom. The summed E-state index contributed by atoms with van der Waals surface area (Å²) >= 11 is 0. The largest absolute Gasteiger partial charge is 0.348 e. The zero-order valence-corrected chi connectivity index (χ0v) is 16.9. The van der Waals surface area contributed by atoms with Crippen molar-refractivity contribution in [3.8, 4) is 0 Å². The molecule has 1 aliphatic rings. The van der Waals surface area contributed by atoms with Gasteiger partial charge in [0, 0.05) is 25.2 Å². The number of piperidine rings is 1. The van der Waals surface area contributed by atoms with Gasteiger partial charge in [-0.25, -0.2) is 14.4 Å². The summed E-state index contributed by atoms with van der Waals surface area (Å²) in [4.78, 5) is 24.1. The molecular formula is C22H29FN4O. The minimum absolute atomic E-state index is 0.208. The van der Waals surface area contributed by atoms with Crippen LogP contribution >= 0.6 is 0 Å². The van der Waals surface area contributed by atoms with E-state index in [9.17, 15) is 9.18 Å². The molecule has 1 saturated heterocycles. The second-order valence-corrected chi connectivity index (χ2v) is 8.01. The van der Waals surface area contributed by atoms with E-state index in [1.807, 2.05) is 6.92 Å². The van der Waals surface area contributed by atoms with E-state index < -0.39 is 0 Å². The van der Waals surface area contributed by atoms with Crippen molar-refractivity contribution in [2.75, 3.05) is 19.6 Å². The third kappa shape index (κ3) is 5.35. The maximum atomic E-state index is 13.0. The normalized spacial score (nSPS) is 15.8. The number of carbonyl (C=O) groups is 1. The molecule has 1 amide bonds. The molecule has 2 heterocycles. The Kier molecular flexibility index (Phi) is 6.73. The molecule has 0 saturated carbocycles. The Morgan fingerprint density at radius 1 is 1.25 bits per heavy atom. The zero-order chi connectivity index (χ0) is 20.1. The lowest BCUT2D eigenvalue weighted by molar-refractivity contribution is 0.0949. The first-order chi connectivity index (χ1) is 13.4. The molecule has 5 nitrogen and oxygen atoms in total. The maximum Gasteiger partial charge on any atom is 0.254 e. The first-order valence-electron chi connectivity index (χ1n) is 10.0. The Morgan fingerprint density at radius 2 is 1.93 bits per heavy atom. The lowest BCUT2D eigenvalue weighted by Gasteiger charge is -2.32. The smallest absolute Gasteiger partial charge is 0.254 e. The van der Waals surface area contributed by atoms with Crippen molar-refractivity contribution in [1.82, 2.24) is 20.2 Å². The van der Waals surface area contributed by atoms with Crippen LogP contribution in [0.25, 0.3) is 0 Å². The summed E-state index contributed by atoms with van der Waals surface area (Å²) in [5.74, 6) is 1.39. The lowest BCUT2D eigenvalue weighted by atomic mass is 9.95. The van der Waals surface area contributed by atoms with Gasteiger partial charge in [0.25, 0.3) is 5.91 Å². The van der Waals surface area contributed by atoms with Gasteiger partial charge in [0.2, 0.25) is 0 Å². The van der Waals surface area contributed by atoms with E-state index in [1.54, 1.807) is 18.3 Å². The standard InChI is InChI=1S/C22H29FN4O/c1-15(2)14-27-10-8-18(9-11-27)21-24-13-20(16(3)26-21)22(28)25-12-17-4-6-19(23)7-5-17/h4-7,13,15,18H,8-12,14H2,1-3H3,(H,25,28). The molecule has 0 bridgehead atoms. The Bertz CT molecular complexity index is 799. The molecule has 0 atom stereocenters. The van der Waals surface area contributed by atoms with Crippen molar-refractivity contribution >= 4 is 5.91 Å². The van der Waals surface area contributed by atoms with E-state index in [0.717, 1.165) is 43.9 Å². The van der Waals surface area contributed by atoms with E-state index in [-0.39, 0.29) is 11.7 Å². The fourth-order valence-corrected chi connectivity index (χ4v) is 3.67. The number of halogens is 1. The summed E-state index contributed by atoms with van der Waals surface area (Å²) in [7, 11) is 0. The van der Waals surface area contributed by atoms with Gasteiger partial charge < -0.3 is 10.2 Å². The van der Waals surface area contributed by atoms with Gasteiger partial charge in [-0.15, -0.1) is 0 Å². The van der Waals surface area contributed by atoms with Crippen LogP contribution in [0.2, 0.25) is 0 Å². The molecule has 2 aromatic rings. The zero-order valence-electron chi connectivity index (χ0n) is 16.9. The van der Waals surface area contributed by atoms with Crippen LogP contribution in [0.15, 0.2) is 30.5 Å². The van der Waals surface area contributed by atoms with Crippen LogP contribution < -0.4 is 5.32 Å². The van der Waals surface area contributed by atoms with Gasteiger partial charge in [-0.2, -0.15) is 0 Å². The minimum atomic E-state index is -0.287. The fourth-order valence-electron chi connectivity index (χ4n) is 3.67. The molecule has 1 fully saturated rings. The van der Waals surface area contributed by atoms with Crippen molar-refractivity contribution in [1.29, 1.82) is 0 Å². The van der Waals surface area contributed by atoms with Crippen LogP contribution in [0.3, 0.4) is 0 Å². The quantitative estimate of drug-likeness (QED) is 0.825. The molecule has 1 aliphatic heterocycles. The highest BCUT2D eigenvalue weighted by atomic mass is 19.1. The van der Waals surface area contributed by atoms with Crippen LogP contribution in [0.4, 0.5) is 4.39 Å². The average molecular weight is 384 g/mol. The number of hydrogen-bond acceptors (Lipinski definition) is 4. The Hall–Kier alpha value is -2.34. The summed E-state index contributed by atoms with van der Waals surface area (Å²) in [6.07, 6.45) is 3.75. The second kappa shape index (κ2) is 9.24. The van der Waals surface area contributed by atoms with Crippen molar-refractivity contribution in [3.63, 3.8) is 0 Å². The van der Waals surface area contributed by atoms with Crippen LogP contribution in [0.5, 0.6) is 0 Å². The minimum Gasteiger partial charge on any atom is -0.348 e. The highest BCUT2D eigenvalue weighted by molar-refractivity contribution is 5.94. The molecule has 0 unspecified atom stereocenters. The summed E-state index contributed by atoms with van der Waals surface area (Å²) in [5.41, 5.74) is 2.03. The van der Waals surface area contributed by atoms with E-state index in [4.69, 9.17) is 0 Å². The van der Waals surface area contributed by atoms with E-state index in [0.29, 0.717) is 29.6 Å². The fraction of sp³-hybridized carbons (Fsp3) is 0.500. The molecular weight excluding hydrogens is 355 g/mol. The predicted octanol–water partition coefficient (Wildman–Crippen LogP) is 3.69. The summed E-state index contributed by atoms with van der Waals surface area (Å²) < 4.78 is 13.0. The number of amides is 1. The van der Waals surface area contributed by atoms with Gasteiger partial charge in [-0.1, -0.05) is 26.0 Å². The SMILES string of the molecule is Cc1nc(C2CCN(CC(C)C)CC2)ncc1C(=O)NCc1ccc(F)cc1. The number of likely N-dealkylation sites (tertiary alicyclic amines) is 1. The van der Waals surface area contributed by atoms with Crippen LogP contribution in [0.1, 0.15) is 60.0 Å². The highest BCUT2D eigenvalue weighted by Gasteiger charge is 2.24. The predicted molar refractivity (Wildman–Crippen MR) is 108 cm³/mol. The molecule has 0 radical (unpaired) electrons. The first-order valence-corrected chi connectivity index (χ1v) is 10.0. The average Bonchev–Trinajstić information content (AvgIpc) is 2.67. The van der Waals surface area contributed by atoms with Gasteiger partial charge in [0.05, 0.1) is 11.3 Å². The number of nitrogens with one attached hydrogen (secondary N) is 1. The Balaban J connectivity index is 1.57. The summed E-state index contributed by atoms with van der Waals surface area (Å²) in [6, 6.07) is 6.09. The number of aromatic nitrogens is 2. The molecule has 1 aromatic heterocycles. The second-order valence-electron chi connectivity index (χ2n) is 8.01. The van der Waals surface area contributed by atoms with Gasteiger partial charge in [-0.3, -0.25) is 4.79 Å². The number of rotatable bonds is 6. The van der Waals surface area contributed by atoms with Gasteiger partial charge >= 0.3 is 0 Å². The molecule has 1 aromatic carbocycles. The van der Waals surface area contributed by atoms with E-state index >= 15 is 0 Å². The third-order valence-electron chi connectivity index (χ3n) is 5.18. The summed E-state index contributed by atoms with van der Waals surface area (Å²) in [5, 5.41) is 2.85. The first kappa shape index (κ1) is 20.4. The van der Waals surface area contributed by atoms with Gasteiger partial charge in [0.15, 0.2) is 0 Å². The highest BCUT2D eigenvalue weighted by Crippen LogP contribution is 2.26. The molecule has 0 aliphatic carbocycles. The number of benzene rings is 1. The van der Waals surface area contributed by atoms with Crippen LogP contribution in [0, 0.1) is 18.7 Å². The van der Waals surface area contributed by atoms with Gasteiger partial charge in [-0.05, 0) is 56.5 Å². The van der Waals surface area contributed by atoms with Crippen LogP contribution in [-0.2, 0) is 6.54 Å². The number of carbonyl (C=O) groups excluding carboxylic acids is 1. The number of aryl methyl sites for hydroxylation is 1. The topological polar surface area (TPSA) is 58.1 Å². The molecule has 28 heavy (non-hydrogen) atoms.